The van der Waals surface area contributed by atoms with Crippen molar-refractivity contribution in [3.63, 3.8) is 0 Å². The van der Waals surface area contributed by atoms with Gasteiger partial charge in [-0.05, 0) is 118 Å². The van der Waals surface area contributed by atoms with Crippen molar-refractivity contribution in [2.45, 2.75) is 45.6 Å². The molecule has 0 aliphatic heterocycles. The number of aryl methyl sites for hydroxylation is 3. The number of alkyl carbamates (subject to hydrolysis) is 1. The van der Waals surface area contributed by atoms with Crippen molar-refractivity contribution in [2.75, 3.05) is 62.8 Å². The Morgan fingerprint density at radius 3 is 1.67 bits per heavy atom. The summed E-state index contributed by atoms with van der Waals surface area (Å²) < 4.78 is 9.73. The Labute approximate surface area is 398 Å². The Kier molecular flexibility index (Phi) is 21.9. The van der Waals surface area contributed by atoms with Crippen molar-refractivity contribution in [2.24, 2.45) is 21.1 Å². The second kappa shape index (κ2) is 26.5. The summed E-state index contributed by atoms with van der Waals surface area (Å²) in [5.41, 5.74) is 0.975. The van der Waals surface area contributed by atoms with Crippen LogP contribution in [0.25, 0.3) is 0 Å². The van der Waals surface area contributed by atoms with Gasteiger partial charge in [0.05, 0.1) is 23.2 Å². The Morgan fingerprint density at radius 1 is 0.606 bits per heavy atom. The predicted molar refractivity (Wildman–Crippen MR) is 244 cm³/mol. The van der Waals surface area contributed by atoms with Crippen LogP contribution in [0.5, 0.6) is 0 Å². The van der Waals surface area contributed by atoms with Gasteiger partial charge >= 0.3 is 23.2 Å². The Balaban J connectivity index is 0.000000485. The van der Waals surface area contributed by atoms with Gasteiger partial charge in [0.15, 0.2) is 5.82 Å². The molecule has 2 saturated carbocycles. The first-order valence-electron chi connectivity index (χ1n) is 21.0. The molecular weight excluding hydrogens is 892 g/mol. The molecule has 2 aliphatic carbocycles. The minimum absolute atomic E-state index is 0. The number of imidazole rings is 1. The van der Waals surface area contributed by atoms with Gasteiger partial charge in [-0.25, -0.2) is 9.78 Å². The van der Waals surface area contributed by atoms with Crippen LogP contribution in [0, 0.1) is 63.2 Å². The van der Waals surface area contributed by atoms with Crippen LogP contribution in [0.2, 0.25) is 0 Å². The second-order valence-corrected chi connectivity index (χ2v) is 16.3. The zero-order valence-electron chi connectivity index (χ0n) is 38.5. The minimum atomic E-state index is -0.527. The van der Waals surface area contributed by atoms with Gasteiger partial charge < -0.3 is 60.6 Å². The number of carbonyl (C=O) groups is 7. The number of rotatable bonds is 19. The Bertz CT molecular complexity index is 2110. The van der Waals surface area contributed by atoms with Crippen LogP contribution in [-0.2, 0) is 57.3 Å². The maximum atomic E-state index is 13.0. The first kappa shape index (κ1) is 54.7. The summed E-state index contributed by atoms with van der Waals surface area (Å²) in [5, 5.41) is 19.1. The van der Waals surface area contributed by atoms with Crippen molar-refractivity contribution in [1.29, 1.82) is 0 Å². The molecule has 354 valence electrons. The van der Waals surface area contributed by atoms with Crippen LogP contribution < -0.4 is 37.2 Å². The molecular formula is C45H60FeN12O8+2. The number of ether oxygens (including phenoxy) is 1. The molecule has 0 spiro atoms. The number of nitrogens with zero attached hydrogens (tertiary/aromatic N) is 5. The quantitative estimate of drug-likeness (QED) is 0.0684. The van der Waals surface area contributed by atoms with Gasteiger partial charge in [0, 0.05) is 72.3 Å². The fourth-order valence-electron chi connectivity index (χ4n) is 6.07. The summed E-state index contributed by atoms with van der Waals surface area (Å²) in [6.45, 7) is 7.96. The van der Waals surface area contributed by atoms with Gasteiger partial charge in [-0.1, -0.05) is 0 Å². The minimum Gasteiger partial charge on any atom is -0.444 e. The number of carbonyl (C=O) groups excluding carboxylic acids is 7. The van der Waals surface area contributed by atoms with Crippen LogP contribution in [-0.4, -0.2) is 118 Å². The van der Waals surface area contributed by atoms with Gasteiger partial charge in [-0.2, -0.15) is 0 Å². The van der Waals surface area contributed by atoms with E-state index < -0.39 is 23.5 Å². The number of hydrogen-bond donors (Lipinski definition) is 7. The molecule has 3 aromatic rings. The molecule has 3 aromatic heterocycles. The van der Waals surface area contributed by atoms with E-state index >= 15 is 0 Å². The van der Waals surface area contributed by atoms with Crippen LogP contribution in [0.15, 0.2) is 30.7 Å². The molecule has 3 heterocycles. The van der Waals surface area contributed by atoms with Crippen LogP contribution >= 0.6 is 0 Å². The third-order valence-corrected chi connectivity index (χ3v) is 9.20. The third-order valence-electron chi connectivity index (χ3n) is 9.20. The third kappa shape index (κ3) is 18.3. The zero-order chi connectivity index (χ0) is 47.7. The molecule has 66 heavy (non-hydrogen) atoms. The molecule has 21 heteroatoms. The van der Waals surface area contributed by atoms with Crippen molar-refractivity contribution in [1.82, 2.24) is 44.9 Å². The SMILES string of the molecule is CC(C)(C)OC(=O)NCCCNC(=O)[C]1[CH][CH][CH][CH]1.CN(C)CCCNC(=O)c1cc(NC(=O)c2nc(NC(=O)c3cc(NC(=O)CCNC(=O)[C]4[CH][CH][CH][CH]4)cn3C)cn2C)cn1C.[Fe+2]. The summed E-state index contributed by atoms with van der Waals surface area (Å²) in [4.78, 5) is 92.2. The van der Waals surface area contributed by atoms with E-state index in [1.165, 1.54) is 16.8 Å². The number of anilines is 3. The van der Waals surface area contributed by atoms with Gasteiger partial charge in [-0.15, -0.1) is 0 Å². The van der Waals surface area contributed by atoms with E-state index in [2.05, 4.69) is 42.2 Å². The van der Waals surface area contributed by atoms with Crippen molar-refractivity contribution < 1.29 is 55.4 Å². The Hall–Kier alpha value is -5.66. The smallest absolute Gasteiger partial charge is 0.444 e. The van der Waals surface area contributed by atoms with E-state index in [0.29, 0.717) is 55.0 Å². The fourth-order valence-corrected chi connectivity index (χ4v) is 6.07. The second-order valence-electron chi connectivity index (χ2n) is 16.3. The largest absolute Gasteiger partial charge is 2.00 e. The van der Waals surface area contributed by atoms with Gasteiger partial charge in [0.2, 0.25) is 23.5 Å². The molecule has 0 bridgehead atoms. The molecule has 0 unspecified atom stereocenters. The van der Waals surface area contributed by atoms with E-state index in [1.807, 2.05) is 52.6 Å². The first-order valence-corrected chi connectivity index (χ1v) is 21.0. The standard InChI is InChI=1S/C31H39N10O5.C14H21N2O3.Fe/c1-38(2)14-8-12-32-29(44)23-16-22(18-39(23)3)35-31(46)27-36-25(19-41(27)5)37-30(45)24-15-21(17-40(24)4)34-26(42)11-13-33-28(43)20-9-6-7-10-20;1-14(2,3)19-13(18)16-10-6-9-15-12(17)11-7-4-5-8-11;/h6-7,9-10,15-19H,8,11-14H2,1-5H3,(H,32,44)(H,33,43)(H,34,42)(H,35,46)(H,37,45);4-5,7-8H,6,9-10H2,1-3H3,(H,15,17)(H,16,18);/q;;+2. The molecule has 7 N–H and O–H groups in total. The van der Waals surface area contributed by atoms with Crippen molar-refractivity contribution in [3.05, 3.63) is 111 Å². The Morgan fingerprint density at radius 2 is 1.11 bits per heavy atom. The molecule has 7 amide bonds. The molecule has 0 saturated heterocycles. The maximum Gasteiger partial charge on any atom is 2.00 e. The van der Waals surface area contributed by atoms with E-state index in [1.54, 1.807) is 87.3 Å². The van der Waals surface area contributed by atoms with E-state index in [0.717, 1.165) is 13.0 Å². The molecule has 2 aliphatic rings. The number of hydrogen-bond acceptors (Lipinski definition) is 10. The monoisotopic (exact) mass is 952 g/mol. The van der Waals surface area contributed by atoms with Gasteiger partial charge in [-0.3, -0.25) is 28.8 Å². The number of nitrogens with one attached hydrogen (secondary N) is 7. The average molecular weight is 953 g/mol. The van der Waals surface area contributed by atoms with E-state index in [9.17, 15) is 33.6 Å². The van der Waals surface area contributed by atoms with E-state index in [4.69, 9.17) is 4.74 Å². The summed E-state index contributed by atoms with van der Waals surface area (Å²) in [5.74, 6) is -0.584. The fraction of sp³-hybridized carbons (Fsp3) is 0.378. The normalized spacial score (nSPS) is 13.8. The molecule has 20 nitrogen and oxygen atoms in total. The topological polar surface area (TPSA) is 244 Å². The summed E-state index contributed by atoms with van der Waals surface area (Å²) in [6, 6.07) is 3.09. The zero-order valence-corrected chi connectivity index (χ0v) is 39.6. The van der Waals surface area contributed by atoms with Crippen molar-refractivity contribution in [3.8, 4) is 0 Å². The van der Waals surface area contributed by atoms with Crippen LogP contribution in [0.1, 0.15) is 71.6 Å². The summed E-state index contributed by atoms with van der Waals surface area (Å²) >= 11 is 0. The molecule has 0 atom stereocenters. The molecule has 5 rings (SSSR count). The van der Waals surface area contributed by atoms with Crippen LogP contribution in [0.4, 0.5) is 22.0 Å². The maximum absolute atomic E-state index is 13.0. The molecule has 10 radical (unpaired) electrons. The summed E-state index contributed by atoms with van der Waals surface area (Å²) in [7, 11) is 8.92. The van der Waals surface area contributed by atoms with E-state index in [-0.39, 0.29) is 71.0 Å². The van der Waals surface area contributed by atoms with Crippen LogP contribution in [0.3, 0.4) is 0 Å². The van der Waals surface area contributed by atoms with Crippen molar-refractivity contribution >= 4 is 58.7 Å². The first-order chi connectivity index (χ1) is 30.8. The van der Waals surface area contributed by atoms with Gasteiger partial charge in [0.25, 0.3) is 17.7 Å². The number of amides is 7. The molecule has 0 aromatic carbocycles. The predicted octanol–water partition coefficient (Wildman–Crippen LogP) is 2.55. The number of aromatic nitrogens is 4. The summed E-state index contributed by atoms with van der Waals surface area (Å²) in [6.07, 6.45) is 19.8. The van der Waals surface area contributed by atoms with Gasteiger partial charge in [0.1, 0.15) is 17.0 Å². The molecule has 2 fully saturated rings. The average Bonchev–Trinajstić information content (AvgIpc) is 4.08.